The zero-order valence-electron chi connectivity index (χ0n) is 16.5. The van der Waals surface area contributed by atoms with Gasteiger partial charge in [-0.05, 0) is 42.6 Å². The van der Waals surface area contributed by atoms with Gasteiger partial charge in [-0.2, -0.15) is 0 Å². The maximum Gasteiger partial charge on any atom is 0.259 e. The average Bonchev–Trinajstić information content (AvgIpc) is 2.70. The van der Waals surface area contributed by atoms with Gasteiger partial charge in [0.1, 0.15) is 11.5 Å². The third-order valence-electron chi connectivity index (χ3n) is 4.55. The summed E-state index contributed by atoms with van der Waals surface area (Å²) >= 11 is 0. The van der Waals surface area contributed by atoms with E-state index in [0.29, 0.717) is 17.9 Å². The molecular formula is C22H25NO5. The Hall–Kier alpha value is -2.67. The summed E-state index contributed by atoms with van der Waals surface area (Å²) in [7, 11) is 4.64. The number of nitrogens with zero attached hydrogens (tertiary/aromatic N) is 1. The minimum Gasteiger partial charge on any atom is -0.457 e. The first-order valence-corrected chi connectivity index (χ1v) is 9.05. The first kappa shape index (κ1) is 20.1. The summed E-state index contributed by atoms with van der Waals surface area (Å²) in [6, 6.07) is 16.8. The lowest BCUT2D eigenvalue weighted by atomic mass is 10.1. The van der Waals surface area contributed by atoms with E-state index >= 15 is 0 Å². The fraction of sp³-hybridized carbons (Fsp3) is 0.318. The average molecular weight is 383 g/mol. The number of methoxy groups -OCH3 is 3. The predicted molar refractivity (Wildman–Crippen MR) is 108 cm³/mol. The predicted octanol–water partition coefficient (Wildman–Crippen LogP) is 4.29. The molecule has 6 nitrogen and oxygen atoms in total. The number of pyridine rings is 1. The molecule has 0 aliphatic rings. The Balaban J connectivity index is 2.16. The van der Waals surface area contributed by atoms with Gasteiger partial charge < -0.3 is 23.5 Å². The second-order valence-corrected chi connectivity index (χ2v) is 6.52. The van der Waals surface area contributed by atoms with Crippen molar-refractivity contribution in [3.63, 3.8) is 0 Å². The van der Waals surface area contributed by atoms with Gasteiger partial charge in [-0.3, -0.25) is 4.79 Å². The van der Waals surface area contributed by atoms with Crippen molar-refractivity contribution in [2.75, 3.05) is 27.9 Å². The number of fused-ring (bicyclic) bond motifs is 1. The Morgan fingerprint density at radius 3 is 2.29 bits per heavy atom. The summed E-state index contributed by atoms with van der Waals surface area (Å²) in [5.41, 5.74) is 1.03. The van der Waals surface area contributed by atoms with Crippen LogP contribution in [-0.4, -0.2) is 32.5 Å². The monoisotopic (exact) mass is 383 g/mol. The van der Waals surface area contributed by atoms with Gasteiger partial charge in [0, 0.05) is 27.4 Å². The van der Waals surface area contributed by atoms with Crippen LogP contribution in [0, 0.1) is 0 Å². The second kappa shape index (κ2) is 9.01. The molecule has 0 aliphatic heterocycles. The Bertz CT molecular complexity index is 979. The number of aromatic nitrogens is 1. The molecule has 0 saturated heterocycles. The molecule has 3 aromatic rings. The van der Waals surface area contributed by atoms with E-state index in [4.69, 9.17) is 18.9 Å². The van der Waals surface area contributed by atoms with Crippen molar-refractivity contribution in [1.29, 1.82) is 0 Å². The molecule has 1 aromatic heterocycles. The first-order chi connectivity index (χ1) is 13.6. The Morgan fingerprint density at radius 1 is 0.929 bits per heavy atom. The van der Waals surface area contributed by atoms with Crippen LogP contribution in [0.15, 0.2) is 59.4 Å². The summed E-state index contributed by atoms with van der Waals surface area (Å²) in [6.07, 6.45) is -0.738. The van der Waals surface area contributed by atoms with Crippen LogP contribution in [0.1, 0.15) is 24.8 Å². The minimum absolute atomic E-state index is 0.178. The molecule has 0 radical (unpaired) electrons. The topological polar surface area (TPSA) is 58.9 Å². The van der Waals surface area contributed by atoms with Crippen LogP contribution in [0.3, 0.4) is 0 Å². The van der Waals surface area contributed by atoms with Gasteiger partial charge in [0.25, 0.3) is 5.56 Å². The Kier molecular flexibility index (Phi) is 6.46. The van der Waals surface area contributed by atoms with Crippen LogP contribution in [0.5, 0.6) is 11.5 Å². The number of rotatable bonds is 8. The van der Waals surface area contributed by atoms with Gasteiger partial charge in [-0.25, -0.2) is 0 Å². The molecule has 0 aliphatic carbocycles. The van der Waals surface area contributed by atoms with Gasteiger partial charge >= 0.3 is 0 Å². The third-order valence-corrected chi connectivity index (χ3v) is 4.55. The Labute approximate surface area is 164 Å². The van der Waals surface area contributed by atoms with Crippen molar-refractivity contribution in [2.45, 2.75) is 19.3 Å². The molecule has 0 saturated carbocycles. The van der Waals surface area contributed by atoms with Crippen LogP contribution < -0.4 is 10.3 Å². The zero-order chi connectivity index (χ0) is 20.1. The van der Waals surface area contributed by atoms with Crippen LogP contribution >= 0.6 is 0 Å². The van der Waals surface area contributed by atoms with Gasteiger partial charge in [-0.1, -0.05) is 18.2 Å². The first-order valence-electron chi connectivity index (χ1n) is 9.05. The van der Waals surface area contributed by atoms with E-state index in [-0.39, 0.29) is 11.6 Å². The maximum atomic E-state index is 13.2. The van der Waals surface area contributed by atoms with E-state index in [0.717, 1.165) is 16.7 Å². The molecule has 0 N–H and O–H groups in total. The lowest BCUT2D eigenvalue weighted by molar-refractivity contribution is -0.107. The van der Waals surface area contributed by atoms with Gasteiger partial charge in [-0.15, -0.1) is 0 Å². The van der Waals surface area contributed by atoms with Gasteiger partial charge in [0.05, 0.1) is 23.7 Å². The van der Waals surface area contributed by atoms with Crippen molar-refractivity contribution in [3.05, 3.63) is 70.5 Å². The van der Waals surface area contributed by atoms with Gasteiger partial charge in [0.2, 0.25) is 0 Å². The minimum atomic E-state index is -0.738. The molecule has 0 amide bonds. The van der Waals surface area contributed by atoms with Crippen molar-refractivity contribution < 1.29 is 18.9 Å². The fourth-order valence-electron chi connectivity index (χ4n) is 3.29. The number of ether oxygens (including phenoxy) is 4. The van der Waals surface area contributed by atoms with E-state index < -0.39 is 6.29 Å². The standard InChI is InChI=1S/C22H25NO5/c1-15(14-25-2)23-20-13-18(28-17-8-6-5-7-9-17)11-10-16(20)12-19(21(23)24)22(26-3)27-4/h5-13,15,22H,14H2,1-4H3. The molecule has 1 unspecified atom stereocenters. The lowest BCUT2D eigenvalue weighted by Crippen LogP contribution is -2.30. The number of benzene rings is 2. The normalized spacial score (nSPS) is 12.5. The molecule has 28 heavy (non-hydrogen) atoms. The van der Waals surface area contributed by atoms with Crippen LogP contribution in [0.25, 0.3) is 10.9 Å². The third kappa shape index (κ3) is 4.09. The quantitative estimate of drug-likeness (QED) is 0.543. The summed E-state index contributed by atoms with van der Waals surface area (Å²) < 4.78 is 23.6. The molecule has 1 heterocycles. The molecular weight excluding hydrogens is 358 g/mol. The Morgan fingerprint density at radius 2 is 1.64 bits per heavy atom. The fourth-order valence-corrected chi connectivity index (χ4v) is 3.29. The van der Waals surface area contributed by atoms with E-state index in [9.17, 15) is 4.79 Å². The molecule has 0 spiro atoms. The lowest BCUT2D eigenvalue weighted by Gasteiger charge is -2.21. The molecule has 6 heteroatoms. The number of hydrogen-bond donors (Lipinski definition) is 0. The molecule has 0 fully saturated rings. The van der Waals surface area contributed by atoms with Crippen molar-refractivity contribution in [2.24, 2.45) is 0 Å². The van der Waals surface area contributed by atoms with E-state index in [1.165, 1.54) is 14.2 Å². The zero-order valence-corrected chi connectivity index (χ0v) is 16.5. The van der Waals surface area contributed by atoms with Crippen LogP contribution in [0.2, 0.25) is 0 Å². The maximum absolute atomic E-state index is 13.2. The van der Waals surface area contributed by atoms with Crippen LogP contribution in [-0.2, 0) is 14.2 Å². The molecule has 1 atom stereocenters. The highest BCUT2D eigenvalue weighted by Gasteiger charge is 2.20. The van der Waals surface area contributed by atoms with E-state index in [2.05, 4.69) is 0 Å². The summed E-state index contributed by atoms with van der Waals surface area (Å²) in [4.78, 5) is 13.2. The van der Waals surface area contributed by atoms with Crippen molar-refractivity contribution in [1.82, 2.24) is 4.57 Å². The molecule has 0 bridgehead atoms. The summed E-state index contributed by atoms with van der Waals surface area (Å²) in [5.74, 6) is 1.38. The van der Waals surface area contributed by atoms with Crippen molar-refractivity contribution in [3.8, 4) is 11.5 Å². The smallest absolute Gasteiger partial charge is 0.259 e. The summed E-state index contributed by atoms with van der Waals surface area (Å²) in [5, 5.41) is 0.886. The number of para-hydroxylation sites is 1. The molecule has 148 valence electrons. The highest BCUT2D eigenvalue weighted by Crippen LogP contribution is 2.28. The molecule has 3 rings (SSSR count). The van der Waals surface area contributed by atoms with Gasteiger partial charge in [0.15, 0.2) is 6.29 Å². The summed E-state index contributed by atoms with van der Waals surface area (Å²) in [6.45, 7) is 2.33. The second-order valence-electron chi connectivity index (χ2n) is 6.52. The van der Waals surface area contributed by atoms with E-state index in [1.54, 1.807) is 17.7 Å². The molecule has 2 aromatic carbocycles. The SMILES string of the molecule is COCC(C)n1c(=O)c(C(OC)OC)cc2ccc(Oc3ccccc3)cc21. The highest BCUT2D eigenvalue weighted by atomic mass is 16.7. The van der Waals surface area contributed by atoms with Crippen LogP contribution in [0.4, 0.5) is 0 Å². The largest absolute Gasteiger partial charge is 0.457 e. The van der Waals surface area contributed by atoms with Crippen molar-refractivity contribution >= 4 is 10.9 Å². The number of hydrogen-bond acceptors (Lipinski definition) is 5. The van der Waals surface area contributed by atoms with E-state index in [1.807, 2.05) is 55.5 Å². The highest BCUT2D eigenvalue weighted by molar-refractivity contribution is 5.81.